The molecule has 0 N–H and O–H groups in total. The normalized spacial score (nSPS) is 13.6. The van der Waals surface area contributed by atoms with Crippen molar-refractivity contribution in [3.05, 3.63) is 90.6 Å². The average molecular weight is 468 g/mol. The molecule has 3 aromatic carbocycles. The van der Waals surface area contributed by atoms with Gasteiger partial charge in [-0.25, -0.2) is 0 Å². The summed E-state index contributed by atoms with van der Waals surface area (Å²) < 4.78 is 3.07. The Morgan fingerprint density at radius 2 is 1.48 bits per heavy atom. The van der Waals surface area contributed by atoms with Crippen LogP contribution in [0.3, 0.4) is 0 Å². The van der Waals surface area contributed by atoms with Crippen LogP contribution < -0.4 is 8.79 Å². The van der Waals surface area contributed by atoms with Gasteiger partial charge in [0.2, 0.25) is 0 Å². The Morgan fingerprint density at radius 1 is 0.774 bits per heavy atom. The molecular weight excluding hydrogens is 435 g/mol. The number of rotatable bonds is 6. The molecule has 0 amide bonds. The second-order valence-corrected chi connectivity index (χ2v) is 18.5. The standard InChI is InChI=1S/C29H33GeN/c1-21(2)20-30(5,25-12-7-6-8-13-25)26-15-16-31-29(19-26)24-17-23-11-9-10-14-27(23)28(18-24)22(3)4/h6-19,21-22H,20H2,1-5H3. The average Bonchev–Trinajstić information content (AvgIpc) is 2.78. The van der Waals surface area contributed by atoms with E-state index in [1.54, 1.807) is 4.40 Å². The van der Waals surface area contributed by atoms with Crippen LogP contribution in [0.4, 0.5) is 0 Å². The Morgan fingerprint density at radius 3 is 2.19 bits per heavy atom. The number of fused-ring (bicyclic) bond motifs is 1. The van der Waals surface area contributed by atoms with E-state index in [0.717, 1.165) is 5.69 Å². The van der Waals surface area contributed by atoms with Crippen molar-refractivity contribution in [3.8, 4) is 11.3 Å². The van der Waals surface area contributed by atoms with Crippen molar-refractivity contribution >= 4 is 32.8 Å². The third kappa shape index (κ3) is 4.48. The topological polar surface area (TPSA) is 12.9 Å². The summed E-state index contributed by atoms with van der Waals surface area (Å²) in [5, 5.41) is 3.93. The summed E-state index contributed by atoms with van der Waals surface area (Å²) in [6.45, 7) is 9.26. The maximum atomic E-state index is 4.83. The van der Waals surface area contributed by atoms with Gasteiger partial charge < -0.3 is 0 Å². The Hall–Kier alpha value is -2.39. The van der Waals surface area contributed by atoms with Gasteiger partial charge in [0.1, 0.15) is 0 Å². The predicted octanol–water partition coefficient (Wildman–Crippen LogP) is 6.87. The van der Waals surface area contributed by atoms with Gasteiger partial charge >= 0.3 is 190 Å². The molecule has 158 valence electrons. The summed E-state index contributed by atoms with van der Waals surface area (Å²) in [7, 11) is 0. The zero-order chi connectivity index (χ0) is 22.0. The van der Waals surface area contributed by atoms with Gasteiger partial charge in [0.25, 0.3) is 0 Å². The van der Waals surface area contributed by atoms with E-state index in [-0.39, 0.29) is 0 Å². The second kappa shape index (κ2) is 9.00. The van der Waals surface area contributed by atoms with Gasteiger partial charge in [-0.15, -0.1) is 0 Å². The fraction of sp³-hybridized carbons (Fsp3) is 0.276. The molecule has 0 radical (unpaired) electrons. The molecule has 0 bridgehead atoms. The van der Waals surface area contributed by atoms with Gasteiger partial charge in [0.05, 0.1) is 0 Å². The number of pyridine rings is 1. The van der Waals surface area contributed by atoms with Crippen molar-refractivity contribution in [1.29, 1.82) is 0 Å². The van der Waals surface area contributed by atoms with E-state index in [4.69, 9.17) is 4.98 Å². The van der Waals surface area contributed by atoms with Gasteiger partial charge in [-0.05, 0) is 0 Å². The number of aromatic nitrogens is 1. The number of hydrogen-bond acceptors (Lipinski definition) is 1. The van der Waals surface area contributed by atoms with E-state index in [9.17, 15) is 0 Å². The van der Waals surface area contributed by atoms with E-state index in [1.165, 1.54) is 31.5 Å². The van der Waals surface area contributed by atoms with E-state index in [2.05, 4.69) is 112 Å². The van der Waals surface area contributed by atoms with E-state index >= 15 is 0 Å². The zero-order valence-corrected chi connectivity index (χ0v) is 21.5. The number of nitrogens with zero attached hydrogens (tertiary/aromatic N) is 1. The van der Waals surface area contributed by atoms with Gasteiger partial charge in [-0.2, -0.15) is 0 Å². The minimum absolute atomic E-state index is 0.473. The fourth-order valence-corrected chi connectivity index (χ4v) is 13.9. The van der Waals surface area contributed by atoms with Crippen molar-refractivity contribution in [3.63, 3.8) is 0 Å². The summed E-state index contributed by atoms with van der Waals surface area (Å²) in [4.78, 5) is 4.83. The maximum absolute atomic E-state index is 4.83. The molecule has 0 fully saturated rings. The zero-order valence-electron chi connectivity index (χ0n) is 19.4. The third-order valence-corrected chi connectivity index (χ3v) is 16.6. The number of hydrogen-bond donors (Lipinski definition) is 0. The molecule has 0 spiro atoms. The number of benzene rings is 3. The van der Waals surface area contributed by atoms with Crippen molar-refractivity contribution in [1.82, 2.24) is 4.98 Å². The molecule has 2 heteroatoms. The Balaban J connectivity index is 1.86. The molecule has 31 heavy (non-hydrogen) atoms. The molecule has 0 saturated heterocycles. The van der Waals surface area contributed by atoms with Crippen LogP contribution in [-0.4, -0.2) is 18.3 Å². The van der Waals surface area contributed by atoms with Crippen molar-refractivity contribution < 1.29 is 0 Å². The van der Waals surface area contributed by atoms with Crippen LogP contribution in [0, 0.1) is 5.92 Å². The molecule has 1 atom stereocenters. The van der Waals surface area contributed by atoms with Crippen LogP contribution in [0.1, 0.15) is 39.2 Å². The summed E-state index contributed by atoms with van der Waals surface area (Å²) in [6, 6.07) is 29.3. The van der Waals surface area contributed by atoms with E-state index in [1.807, 2.05) is 6.20 Å². The summed E-state index contributed by atoms with van der Waals surface area (Å²) in [5.41, 5.74) is 3.73. The molecule has 1 nitrogen and oxygen atoms in total. The molecule has 1 unspecified atom stereocenters. The van der Waals surface area contributed by atoms with Crippen LogP contribution in [0.5, 0.6) is 0 Å². The van der Waals surface area contributed by atoms with Crippen molar-refractivity contribution in [2.75, 3.05) is 0 Å². The van der Waals surface area contributed by atoms with E-state index < -0.39 is 13.3 Å². The monoisotopic (exact) mass is 469 g/mol. The molecule has 0 saturated carbocycles. The van der Waals surface area contributed by atoms with Gasteiger partial charge in [-0.3, -0.25) is 0 Å². The Labute approximate surface area is 189 Å². The molecule has 0 aliphatic rings. The molecule has 4 rings (SSSR count). The quantitative estimate of drug-likeness (QED) is 0.282. The van der Waals surface area contributed by atoms with Gasteiger partial charge in [-0.1, -0.05) is 0 Å². The fourth-order valence-electron chi connectivity index (χ4n) is 4.92. The molecule has 0 aliphatic heterocycles. The van der Waals surface area contributed by atoms with Crippen LogP contribution in [-0.2, 0) is 0 Å². The first-order valence-corrected chi connectivity index (χ1v) is 17.1. The van der Waals surface area contributed by atoms with Crippen LogP contribution >= 0.6 is 0 Å². The van der Waals surface area contributed by atoms with Crippen LogP contribution in [0.25, 0.3) is 22.0 Å². The second-order valence-electron chi connectivity index (χ2n) is 9.67. The molecular formula is C29H33GeN. The first kappa shape index (κ1) is 21.8. The first-order chi connectivity index (χ1) is 14.9. The third-order valence-electron chi connectivity index (χ3n) is 6.44. The summed E-state index contributed by atoms with van der Waals surface area (Å²) >= 11 is -2.49. The first-order valence-electron chi connectivity index (χ1n) is 11.4. The molecule has 4 aromatic rings. The Bertz CT molecular complexity index is 1180. The molecule has 1 heterocycles. The van der Waals surface area contributed by atoms with Crippen LogP contribution in [0.15, 0.2) is 85.1 Å². The van der Waals surface area contributed by atoms with Gasteiger partial charge in [0.15, 0.2) is 0 Å². The van der Waals surface area contributed by atoms with Crippen LogP contribution in [0.2, 0.25) is 11.0 Å². The van der Waals surface area contributed by atoms with Crippen molar-refractivity contribution in [2.45, 2.75) is 44.6 Å². The molecule has 0 aliphatic carbocycles. The van der Waals surface area contributed by atoms with Crippen molar-refractivity contribution in [2.24, 2.45) is 5.92 Å². The SMILES string of the molecule is CC(C)[CH2][Ge]([CH3])([c]1ccccc1)[c]1ccnc(-c2cc(C(C)C)c3ccccc3c2)c1. The Kier molecular flexibility index (Phi) is 6.34. The molecule has 1 aromatic heterocycles. The predicted molar refractivity (Wildman–Crippen MR) is 138 cm³/mol. The van der Waals surface area contributed by atoms with Gasteiger partial charge in [0, 0.05) is 0 Å². The minimum atomic E-state index is -2.49. The summed E-state index contributed by atoms with van der Waals surface area (Å²) in [6.07, 6.45) is 2.03. The van der Waals surface area contributed by atoms with E-state index in [0.29, 0.717) is 11.8 Å². The summed E-state index contributed by atoms with van der Waals surface area (Å²) in [5.74, 6) is 3.71.